The second-order valence-corrected chi connectivity index (χ2v) is 6.75. The van der Waals surface area contributed by atoms with Crippen molar-refractivity contribution in [3.63, 3.8) is 0 Å². The Labute approximate surface area is 157 Å². The summed E-state index contributed by atoms with van der Waals surface area (Å²) in [5.41, 5.74) is 4.32. The maximum Gasteiger partial charge on any atom is 0.142 e. The minimum Gasteiger partial charge on any atom is -0.489 e. The second kappa shape index (κ2) is 8.93. The van der Waals surface area contributed by atoms with E-state index in [1.807, 2.05) is 42.5 Å². The third kappa shape index (κ3) is 5.00. The molecule has 0 saturated heterocycles. The summed E-state index contributed by atoms with van der Waals surface area (Å²) < 4.78 is 6.01. The molecule has 0 N–H and O–H groups in total. The van der Waals surface area contributed by atoms with Crippen molar-refractivity contribution in [3.05, 3.63) is 75.8 Å². The zero-order chi connectivity index (χ0) is 17.5. The largest absolute Gasteiger partial charge is 0.489 e. The van der Waals surface area contributed by atoms with Gasteiger partial charge in [-0.2, -0.15) is 0 Å². The Morgan fingerprint density at radius 1 is 1.04 bits per heavy atom. The molecule has 0 unspecified atom stereocenters. The highest BCUT2D eigenvalue weighted by atomic mass is 35.5. The van der Waals surface area contributed by atoms with Crippen molar-refractivity contribution in [2.45, 2.75) is 25.9 Å². The van der Waals surface area contributed by atoms with Gasteiger partial charge < -0.3 is 9.57 Å². The molecule has 1 aliphatic rings. The van der Waals surface area contributed by atoms with E-state index in [0.29, 0.717) is 13.2 Å². The minimum absolute atomic E-state index is 0.210. The Hall–Kier alpha value is -1.97. The number of hydrogen-bond donors (Lipinski definition) is 0. The molecule has 0 bridgehead atoms. The fourth-order valence-corrected chi connectivity index (χ4v) is 2.97. The van der Waals surface area contributed by atoms with Crippen molar-refractivity contribution in [1.82, 2.24) is 0 Å². The molecule has 2 aromatic carbocycles. The van der Waals surface area contributed by atoms with Crippen LogP contribution in [0.3, 0.4) is 0 Å². The van der Waals surface area contributed by atoms with Gasteiger partial charge in [0.2, 0.25) is 0 Å². The van der Waals surface area contributed by atoms with Crippen molar-refractivity contribution < 1.29 is 9.57 Å². The van der Waals surface area contributed by atoms with Gasteiger partial charge in [-0.25, -0.2) is 0 Å². The third-order valence-electron chi connectivity index (χ3n) is 4.01. The van der Waals surface area contributed by atoms with Gasteiger partial charge in [-0.1, -0.05) is 70.8 Å². The van der Waals surface area contributed by atoms with Crippen LogP contribution in [-0.4, -0.2) is 12.3 Å². The van der Waals surface area contributed by atoms with E-state index in [1.54, 1.807) is 6.08 Å². The Kier molecular flexibility index (Phi) is 6.37. The third-order valence-corrected chi connectivity index (χ3v) is 4.32. The first kappa shape index (κ1) is 17.8. The van der Waals surface area contributed by atoms with Crippen molar-refractivity contribution in [2.24, 2.45) is 5.16 Å². The van der Waals surface area contributed by atoms with Crippen molar-refractivity contribution in [3.8, 4) is 5.75 Å². The molecule has 0 aromatic heterocycles. The summed E-state index contributed by atoms with van der Waals surface area (Å²) in [6.45, 7) is 0.810. The molecular formula is C20H19Cl2NO2. The number of nitrogens with zero attached hydrogens (tertiary/aromatic N) is 1. The van der Waals surface area contributed by atoms with Crippen LogP contribution < -0.4 is 4.74 Å². The average molecular weight is 376 g/mol. The zero-order valence-corrected chi connectivity index (χ0v) is 15.3. The molecule has 0 heterocycles. The number of hydrogen-bond acceptors (Lipinski definition) is 3. The molecule has 0 atom stereocenters. The van der Waals surface area contributed by atoms with Crippen molar-refractivity contribution >= 4 is 28.9 Å². The quantitative estimate of drug-likeness (QED) is 0.611. The fraction of sp³-hybridized carbons (Fsp3) is 0.250. The van der Waals surface area contributed by atoms with Crippen LogP contribution in [0.15, 0.2) is 64.3 Å². The van der Waals surface area contributed by atoms with Crippen LogP contribution in [0.4, 0.5) is 0 Å². The maximum absolute atomic E-state index is 5.80. The number of fused-ring (bicyclic) bond motifs is 1. The molecule has 0 aliphatic heterocycles. The fourth-order valence-electron chi connectivity index (χ4n) is 2.84. The molecule has 0 fully saturated rings. The van der Waals surface area contributed by atoms with Gasteiger partial charge >= 0.3 is 0 Å². The number of oxime groups is 1. The number of halogens is 2. The Bertz CT molecular complexity index is 769. The second-order valence-electron chi connectivity index (χ2n) is 5.74. The molecular weight excluding hydrogens is 357 g/mol. The normalized spacial score (nSPS) is 14.7. The van der Waals surface area contributed by atoms with Crippen molar-refractivity contribution in [1.29, 1.82) is 0 Å². The Morgan fingerprint density at radius 3 is 2.68 bits per heavy atom. The summed E-state index contributed by atoms with van der Waals surface area (Å²) in [5.74, 6) is 0.846. The molecule has 2 aromatic rings. The standard InChI is InChI=1S/C20H19Cl2NO2/c21-20(22)12-13-24-19-11-5-8-16-17(19)9-4-10-18(16)23-25-14-15-6-2-1-3-7-15/h1-3,5-8,11-12H,4,9-10,13-14H2/b23-18+. The van der Waals surface area contributed by atoms with Crippen LogP contribution in [0, 0.1) is 0 Å². The smallest absolute Gasteiger partial charge is 0.142 e. The SMILES string of the molecule is ClC(Cl)=CCOc1cccc2c1CCC/C2=N\OCc1ccccc1. The minimum atomic E-state index is 0.210. The van der Waals surface area contributed by atoms with Crippen LogP contribution in [0.25, 0.3) is 0 Å². The van der Waals surface area contributed by atoms with Gasteiger partial charge in [0.05, 0.1) is 5.71 Å². The van der Waals surface area contributed by atoms with E-state index in [4.69, 9.17) is 32.8 Å². The predicted octanol–water partition coefficient (Wildman–Crippen LogP) is 5.64. The van der Waals surface area contributed by atoms with Gasteiger partial charge in [-0.3, -0.25) is 0 Å². The van der Waals surface area contributed by atoms with Gasteiger partial charge in [0.15, 0.2) is 0 Å². The number of ether oxygens (including phenoxy) is 1. The predicted molar refractivity (Wildman–Crippen MR) is 102 cm³/mol. The lowest BCUT2D eigenvalue weighted by atomic mass is 9.89. The Morgan fingerprint density at radius 2 is 1.88 bits per heavy atom. The molecule has 3 nitrogen and oxygen atoms in total. The van der Waals surface area contributed by atoms with E-state index in [0.717, 1.165) is 47.4 Å². The van der Waals surface area contributed by atoms with Gasteiger partial charge in [0.25, 0.3) is 0 Å². The molecule has 0 amide bonds. The van der Waals surface area contributed by atoms with Gasteiger partial charge in [0.1, 0.15) is 23.5 Å². The van der Waals surface area contributed by atoms with E-state index in [9.17, 15) is 0 Å². The summed E-state index contributed by atoms with van der Waals surface area (Å²) in [6.07, 6.45) is 4.51. The first-order chi connectivity index (χ1) is 12.2. The topological polar surface area (TPSA) is 30.8 Å². The van der Waals surface area contributed by atoms with Gasteiger partial charge in [-0.15, -0.1) is 0 Å². The van der Waals surface area contributed by atoms with Crippen LogP contribution in [0.2, 0.25) is 0 Å². The highest BCUT2D eigenvalue weighted by Gasteiger charge is 2.19. The molecule has 25 heavy (non-hydrogen) atoms. The maximum atomic E-state index is 5.80. The van der Waals surface area contributed by atoms with Crippen LogP contribution >= 0.6 is 23.2 Å². The Balaban J connectivity index is 1.72. The van der Waals surface area contributed by atoms with Gasteiger partial charge in [0, 0.05) is 11.1 Å². The highest BCUT2D eigenvalue weighted by molar-refractivity contribution is 6.55. The molecule has 5 heteroatoms. The lowest BCUT2D eigenvalue weighted by Crippen LogP contribution is -2.14. The van der Waals surface area contributed by atoms with E-state index in [1.165, 1.54) is 0 Å². The lowest BCUT2D eigenvalue weighted by Gasteiger charge is -2.20. The lowest BCUT2D eigenvalue weighted by molar-refractivity contribution is 0.130. The number of benzene rings is 2. The van der Waals surface area contributed by atoms with E-state index < -0.39 is 0 Å². The van der Waals surface area contributed by atoms with Gasteiger partial charge in [-0.05, 0) is 37.0 Å². The van der Waals surface area contributed by atoms with Crippen LogP contribution in [0.5, 0.6) is 5.75 Å². The summed E-state index contributed by atoms with van der Waals surface area (Å²) in [4.78, 5) is 5.57. The molecule has 3 rings (SSSR count). The molecule has 0 spiro atoms. The first-order valence-electron chi connectivity index (χ1n) is 8.23. The first-order valence-corrected chi connectivity index (χ1v) is 8.98. The molecule has 1 aliphatic carbocycles. The van der Waals surface area contributed by atoms with E-state index >= 15 is 0 Å². The molecule has 0 radical (unpaired) electrons. The summed E-state index contributed by atoms with van der Waals surface area (Å²) in [5, 5.41) is 4.38. The summed E-state index contributed by atoms with van der Waals surface area (Å²) in [7, 11) is 0. The molecule has 130 valence electrons. The van der Waals surface area contributed by atoms with Crippen molar-refractivity contribution in [2.75, 3.05) is 6.61 Å². The zero-order valence-electron chi connectivity index (χ0n) is 13.8. The molecule has 0 saturated carbocycles. The van der Waals surface area contributed by atoms with E-state index in [-0.39, 0.29) is 4.49 Å². The average Bonchev–Trinajstić information content (AvgIpc) is 2.63. The summed E-state index contributed by atoms with van der Waals surface area (Å²) in [6, 6.07) is 16.0. The summed E-state index contributed by atoms with van der Waals surface area (Å²) >= 11 is 11.3. The van der Waals surface area contributed by atoms with Crippen LogP contribution in [-0.2, 0) is 17.9 Å². The number of rotatable bonds is 6. The van der Waals surface area contributed by atoms with E-state index in [2.05, 4.69) is 11.2 Å². The highest BCUT2D eigenvalue weighted by Crippen LogP contribution is 2.30. The van der Waals surface area contributed by atoms with Crippen LogP contribution in [0.1, 0.15) is 29.5 Å². The monoisotopic (exact) mass is 375 g/mol.